The number of carboxylic acids is 2. The molecule has 4 heterocycles. The molecule has 19 heteroatoms. The van der Waals surface area contributed by atoms with Crippen molar-refractivity contribution >= 4 is 81.6 Å². The van der Waals surface area contributed by atoms with Gasteiger partial charge < -0.3 is 37.6 Å². The number of oxime groups is 1. The van der Waals surface area contributed by atoms with Gasteiger partial charge in [-0.05, 0) is 30.7 Å². The lowest BCUT2D eigenvalue weighted by Crippen LogP contribution is -2.54. The number of amides is 2. The van der Waals surface area contributed by atoms with Gasteiger partial charge in [0.1, 0.15) is 18.6 Å². The molecule has 16 nitrogen and oxygen atoms in total. The van der Waals surface area contributed by atoms with Crippen LogP contribution < -0.4 is 27.1 Å². The fourth-order valence-corrected chi connectivity index (χ4v) is 7.26. The monoisotopic (exact) mass is 652 g/mol. The fraction of sp³-hybridized carbons (Fsp3) is 0.417. The van der Waals surface area contributed by atoms with Gasteiger partial charge >= 0.3 is 17.1 Å². The molecular weight excluding hydrogens is 623 g/mol. The molecule has 43 heavy (non-hydrogen) atoms. The summed E-state index contributed by atoms with van der Waals surface area (Å²) in [6.45, 7) is 2.97. The SMILES string of the molecule is CCc1c(N)nc(SCC2=C(C(=O)O)N3C(=O)CC3SC2)[n+](CNC(=O)/C=N\OC(C)(Cc2csc(N)n2)C(=O)O)c1N. The molecule has 0 aliphatic carbocycles. The molecule has 0 saturated carbocycles. The summed E-state index contributed by atoms with van der Waals surface area (Å²) in [5, 5.41) is 27.6. The lowest BCUT2D eigenvalue weighted by molar-refractivity contribution is -0.726. The molecule has 9 N–H and O–H groups in total. The Morgan fingerprint density at radius 3 is 2.67 bits per heavy atom. The molecule has 2 aromatic rings. The quantitative estimate of drug-likeness (QED) is 0.0417. The summed E-state index contributed by atoms with van der Waals surface area (Å²) in [7, 11) is 0. The molecule has 2 aromatic heterocycles. The van der Waals surface area contributed by atoms with Gasteiger partial charge in [-0.15, -0.1) is 23.1 Å². The molecule has 1 saturated heterocycles. The topological polar surface area (TPSA) is 253 Å². The number of nitrogens with one attached hydrogen (secondary N) is 1. The van der Waals surface area contributed by atoms with Gasteiger partial charge in [-0.25, -0.2) is 19.1 Å². The largest absolute Gasteiger partial charge is 0.478 e. The van der Waals surface area contributed by atoms with Crippen LogP contribution in [0.5, 0.6) is 0 Å². The Morgan fingerprint density at radius 2 is 2.07 bits per heavy atom. The van der Waals surface area contributed by atoms with Crippen LogP contribution in [-0.4, -0.2) is 77.5 Å². The van der Waals surface area contributed by atoms with Crippen LogP contribution in [0, 0.1) is 0 Å². The van der Waals surface area contributed by atoms with E-state index in [0.29, 0.717) is 40.6 Å². The molecule has 2 aliphatic heterocycles. The van der Waals surface area contributed by atoms with Crippen molar-refractivity contribution in [2.45, 2.75) is 55.9 Å². The summed E-state index contributed by atoms with van der Waals surface area (Å²) in [6, 6.07) is 0. The van der Waals surface area contributed by atoms with Gasteiger partial charge in [-0.3, -0.25) is 14.5 Å². The van der Waals surface area contributed by atoms with Crippen LogP contribution in [0.4, 0.5) is 16.8 Å². The van der Waals surface area contributed by atoms with E-state index in [1.165, 1.54) is 28.2 Å². The predicted octanol–water partition coefficient (Wildman–Crippen LogP) is 0.0327. The third-order valence-electron chi connectivity index (χ3n) is 6.60. The number of thiazole rings is 1. The van der Waals surface area contributed by atoms with E-state index >= 15 is 0 Å². The number of nitrogens with two attached hydrogens (primary N) is 3. The van der Waals surface area contributed by atoms with Crippen molar-refractivity contribution in [3.8, 4) is 0 Å². The van der Waals surface area contributed by atoms with E-state index in [1.807, 2.05) is 6.92 Å². The highest BCUT2D eigenvalue weighted by Gasteiger charge is 2.45. The van der Waals surface area contributed by atoms with Crippen molar-refractivity contribution in [1.29, 1.82) is 0 Å². The van der Waals surface area contributed by atoms with E-state index < -0.39 is 23.4 Å². The molecule has 0 aromatic carbocycles. The van der Waals surface area contributed by atoms with Crippen LogP contribution in [0.25, 0.3) is 0 Å². The summed E-state index contributed by atoms with van der Waals surface area (Å²) in [5.41, 5.74) is 17.8. The smallest absolute Gasteiger partial charge is 0.352 e. The average molecular weight is 653 g/mol. The number of nitrogen functional groups attached to an aromatic ring is 3. The molecule has 0 radical (unpaired) electrons. The van der Waals surface area contributed by atoms with Crippen LogP contribution in [0.3, 0.4) is 0 Å². The highest BCUT2D eigenvalue weighted by atomic mass is 32.2. The molecule has 0 bridgehead atoms. The van der Waals surface area contributed by atoms with E-state index in [-0.39, 0.29) is 52.6 Å². The maximum Gasteiger partial charge on any atom is 0.352 e. The van der Waals surface area contributed by atoms with Crippen LogP contribution in [0.2, 0.25) is 0 Å². The second kappa shape index (κ2) is 13.0. The van der Waals surface area contributed by atoms with Crippen molar-refractivity contribution in [3.63, 3.8) is 0 Å². The number of anilines is 3. The van der Waals surface area contributed by atoms with Gasteiger partial charge in [0.2, 0.25) is 23.1 Å². The van der Waals surface area contributed by atoms with E-state index in [0.717, 1.165) is 29.3 Å². The number of rotatable bonds is 13. The molecule has 2 unspecified atom stereocenters. The summed E-state index contributed by atoms with van der Waals surface area (Å²) >= 11 is 3.80. The molecular formula is C24H30N9O7S3+. The number of carbonyl (C=O) groups is 4. The van der Waals surface area contributed by atoms with Crippen molar-refractivity contribution in [1.82, 2.24) is 20.2 Å². The van der Waals surface area contributed by atoms with E-state index in [1.54, 1.807) is 5.38 Å². The average Bonchev–Trinajstić information content (AvgIpc) is 3.34. The van der Waals surface area contributed by atoms with Gasteiger partial charge in [-0.2, -0.15) is 0 Å². The maximum absolute atomic E-state index is 12.6. The molecule has 2 atom stereocenters. The van der Waals surface area contributed by atoms with E-state index in [9.17, 15) is 29.4 Å². The highest BCUT2D eigenvalue weighted by molar-refractivity contribution is 8.00. The maximum atomic E-state index is 12.6. The molecule has 0 spiro atoms. The van der Waals surface area contributed by atoms with Crippen molar-refractivity contribution in [2.24, 2.45) is 5.16 Å². The number of carboxylic acid groups (broad SMARTS) is 2. The number of thioether (sulfide) groups is 2. The predicted molar refractivity (Wildman–Crippen MR) is 160 cm³/mol. The second-order valence-electron chi connectivity index (χ2n) is 9.62. The zero-order chi connectivity index (χ0) is 31.5. The number of β-lactam (4-membered cyclic amide) rings is 1. The Morgan fingerprint density at radius 1 is 1.33 bits per heavy atom. The van der Waals surface area contributed by atoms with Gasteiger partial charge in [0.05, 0.1) is 23.1 Å². The van der Waals surface area contributed by atoms with Crippen molar-refractivity contribution in [3.05, 3.63) is 27.9 Å². The molecule has 230 valence electrons. The van der Waals surface area contributed by atoms with Crippen LogP contribution in [0.15, 0.2) is 27.0 Å². The minimum Gasteiger partial charge on any atom is -0.478 e. The third kappa shape index (κ3) is 6.94. The first kappa shape index (κ1) is 31.8. The Balaban J connectivity index is 1.47. The van der Waals surface area contributed by atoms with Crippen LogP contribution in [-0.2, 0) is 43.5 Å². The number of hydrogen-bond donors (Lipinski definition) is 6. The van der Waals surface area contributed by atoms with Crippen molar-refractivity contribution in [2.75, 3.05) is 28.7 Å². The first-order valence-electron chi connectivity index (χ1n) is 12.8. The molecule has 1 fully saturated rings. The van der Waals surface area contributed by atoms with Gasteiger partial charge in [-0.1, -0.05) is 17.1 Å². The lowest BCUT2D eigenvalue weighted by Gasteiger charge is -2.43. The first-order valence-corrected chi connectivity index (χ1v) is 15.7. The van der Waals surface area contributed by atoms with Gasteiger partial charge in [0.25, 0.3) is 5.91 Å². The van der Waals surface area contributed by atoms with E-state index in [2.05, 4.69) is 20.4 Å². The molecule has 2 aliphatic rings. The normalized spacial score (nSPS) is 17.8. The van der Waals surface area contributed by atoms with Crippen molar-refractivity contribution < 1.29 is 38.8 Å². The highest BCUT2D eigenvalue weighted by Crippen LogP contribution is 2.41. The van der Waals surface area contributed by atoms with E-state index in [4.69, 9.17) is 22.0 Å². The van der Waals surface area contributed by atoms with Gasteiger partial charge in [0, 0.05) is 23.3 Å². The number of aromatic nitrogens is 3. The molecule has 2 amide bonds. The van der Waals surface area contributed by atoms with Crippen LogP contribution in [0.1, 0.15) is 31.5 Å². The standard InChI is InChI=1S/C24H29N9O7S3/c1-3-13-18(25)31-23(43-8-11-7-41-16-4-15(35)33(16)17(11)20(36)37)32(19(13)26)10-28-14(34)6-29-40-24(2,21(38)39)5-12-9-42-22(27)30-12/h6,9,16H,3-5,7-8,10H2,1-2H3,(H8,25,26,27,28,30,34,36,37,38,39)/p+1/b29-6-. The number of carbonyl (C=O) groups excluding carboxylic acids is 2. The number of hydrogen-bond acceptors (Lipinski definition) is 14. The number of nitrogens with zero attached hydrogens (tertiary/aromatic N) is 5. The first-order chi connectivity index (χ1) is 20.3. The molecule has 4 rings (SSSR count). The Hall–Kier alpha value is -4.10. The summed E-state index contributed by atoms with van der Waals surface area (Å²) in [6.07, 6.45) is 1.42. The fourth-order valence-electron chi connectivity index (χ4n) is 4.28. The minimum atomic E-state index is -1.81. The third-order valence-corrected chi connectivity index (χ3v) is 9.66. The second-order valence-corrected chi connectivity index (χ2v) is 12.6. The zero-order valence-electron chi connectivity index (χ0n) is 23.1. The summed E-state index contributed by atoms with van der Waals surface area (Å²) in [4.78, 5) is 63.4. The summed E-state index contributed by atoms with van der Waals surface area (Å²) < 4.78 is 1.51. The van der Waals surface area contributed by atoms with Gasteiger partial charge in [0.15, 0.2) is 5.13 Å². The number of fused-ring (bicyclic) bond motifs is 1. The number of aliphatic carboxylic acids is 2. The Labute approximate surface area is 257 Å². The van der Waals surface area contributed by atoms with Crippen LogP contribution >= 0.6 is 34.9 Å². The Kier molecular flexibility index (Phi) is 9.65. The zero-order valence-corrected chi connectivity index (χ0v) is 25.6. The minimum absolute atomic E-state index is 0.0266. The lowest BCUT2D eigenvalue weighted by atomic mass is 10.0. The Bertz CT molecular complexity index is 1530. The summed E-state index contributed by atoms with van der Waals surface area (Å²) in [5.74, 6) is -2.40.